The minimum absolute atomic E-state index is 0.223. The summed E-state index contributed by atoms with van der Waals surface area (Å²) in [5, 5.41) is 8.43. The van der Waals surface area contributed by atoms with Gasteiger partial charge in [-0.05, 0) is 49.6 Å². The summed E-state index contributed by atoms with van der Waals surface area (Å²) in [6.07, 6.45) is 1.74. The molecular formula is C20H25N3O3. The predicted octanol–water partition coefficient (Wildman–Crippen LogP) is 3.80. The van der Waals surface area contributed by atoms with E-state index in [1.807, 2.05) is 43.3 Å². The summed E-state index contributed by atoms with van der Waals surface area (Å²) >= 11 is 0. The van der Waals surface area contributed by atoms with Gasteiger partial charge in [-0.15, -0.1) is 0 Å². The molecule has 0 bridgehead atoms. The largest absolute Gasteiger partial charge is 0.385 e. The summed E-state index contributed by atoms with van der Waals surface area (Å²) in [6, 6.07) is 14.2. The predicted molar refractivity (Wildman–Crippen MR) is 104 cm³/mol. The molecular weight excluding hydrogens is 330 g/mol. The van der Waals surface area contributed by atoms with E-state index < -0.39 is 0 Å². The Morgan fingerprint density at radius 2 is 1.77 bits per heavy atom. The van der Waals surface area contributed by atoms with Gasteiger partial charge in [0.05, 0.1) is 0 Å². The van der Waals surface area contributed by atoms with Crippen LogP contribution in [0.4, 0.5) is 16.2 Å². The van der Waals surface area contributed by atoms with Crippen molar-refractivity contribution in [2.75, 3.05) is 30.9 Å². The van der Waals surface area contributed by atoms with Gasteiger partial charge in [-0.3, -0.25) is 4.79 Å². The van der Waals surface area contributed by atoms with Gasteiger partial charge in [0.25, 0.3) is 5.91 Å². The van der Waals surface area contributed by atoms with Crippen molar-refractivity contribution in [2.24, 2.45) is 0 Å². The SMILES string of the molecule is COCCCCNC(=O)Nc1cc(C(=O)Nc2ccccc2)ccc1C. The van der Waals surface area contributed by atoms with Crippen LogP contribution in [0.1, 0.15) is 28.8 Å². The summed E-state index contributed by atoms with van der Waals surface area (Å²) in [5.41, 5.74) is 2.70. The van der Waals surface area contributed by atoms with Gasteiger partial charge in [-0.1, -0.05) is 24.3 Å². The first-order valence-electron chi connectivity index (χ1n) is 8.61. The van der Waals surface area contributed by atoms with Crippen LogP contribution in [0.15, 0.2) is 48.5 Å². The number of methoxy groups -OCH3 is 1. The number of unbranched alkanes of at least 4 members (excludes halogenated alkanes) is 1. The van der Waals surface area contributed by atoms with Crippen molar-refractivity contribution in [1.29, 1.82) is 0 Å². The molecule has 3 amide bonds. The third kappa shape index (κ3) is 6.22. The van der Waals surface area contributed by atoms with Crippen molar-refractivity contribution in [2.45, 2.75) is 19.8 Å². The van der Waals surface area contributed by atoms with Crippen molar-refractivity contribution >= 4 is 23.3 Å². The van der Waals surface area contributed by atoms with Crippen LogP contribution in [-0.2, 0) is 4.74 Å². The van der Waals surface area contributed by atoms with Crippen LogP contribution >= 0.6 is 0 Å². The fourth-order valence-corrected chi connectivity index (χ4v) is 2.36. The standard InChI is InChI=1S/C20H25N3O3/c1-15-10-11-16(19(24)22-17-8-4-3-5-9-17)14-18(15)23-20(25)21-12-6-7-13-26-2/h3-5,8-11,14H,6-7,12-13H2,1-2H3,(H,22,24)(H2,21,23,25). The molecule has 0 unspecified atom stereocenters. The van der Waals surface area contributed by atoms with E-state index in [9.17, 15) is 9.59 Å². The Morgan fingerprint density at radius 3 is 2.50 bits per heavy atom. The van der Waals surface area contributed by atoms with Crippen LogP contribution in [0.25, 0.3) is 0 Å². The average molecular weight is 355 g/mol. The zero-order valence-corrected chi connectivity index (χ0v) is 15.2. The molecule has 0 aliphatic rings. The third-order valence-electron chi connectivity index (χ3n) is 3.84. The number of hydrogen-bond donors (Lipinski definition) is 3. The van der Waals surface area contributed by atoms with E-state index >= 15 is 0 Å². The van der Waals surface area contributed by atoms with Crippen LogP contribution < -0.4 is 16.0 Å². The number of carbonyl (C=O) groups excluding carboxylic acids is 2. The highest BCUT2D eigenvalue weighted by Crippen LogP contribution is 2.18. The van der Waals surface area contributed by atoms with Crippen molar-refractivity contribution in [3.8, 4) is 0 Å². The van der Waals surface area contributed by atoms with Crippen molar-refractivity contribution < 1.29 is 14.3 Å². The van der Waals surface area contributed by atoms with Crippen molar-refractivity contribution in [1.82, 2.24) is 5.32 Å². The van der Waals surface area contributed by atoms with Gasteiger partial charge in [-0.25, -0.2) is 4.79 Å². The number of amides is 3. The smallest absolute Gasteiger partial charge is 0.319 e. The van der Waals surface area contributed by atoms with Gasteiger partial charge in [0.1, 0.15) is 0 Å². The first-order valence-corrected chi connectivity index (χ1v) is 8.61. The summed E-state index contributed by atoms with van der Waals surface area (Å²) in [7, 11) is 1.66. The normalized spacial score (nSPS) is 10.2. The summed E-state index contributed by atoms with van der Waals surface area (Å²) in [6.45, 7) is 3.14. The lowest BCUT2D eigenvalue weighted by Gasteiger charge is -2.12. The Bertz CT molecular complexity index is 732. The number of aryl methyl sites for hydroxylation is 1. The molecule has 3 N–H and O–H groups in total. The molecule has 0 saturated carbocycles. The number of rotatable bonds is 8. The van der Waals surface area contributed by atoms with Gasteiger partial charge in [0.2, 0.25) is 0 Å². The highest BCUT2D eigenvalue weighted by Gasteiger charge is 2.10. The van der Waals surface area contributed by atoms with E-state index in [1.165, 1.54) is 0 Å². The summed E-state index contributed by atoms with van der Waals surface area (Å²) in [4.78, 5) is 24.4. The molecule has 2 rings (SSSR count). The highest BCUT2D eigenvalue weighted by molar-refractivity contribution is 6.05. The van der Waals surface area contributed by atoms with E-state index in [2.05, 4.69) is 16.0 Å². The molecule has 0 aliphatic heterocycles. The van der Waals surface area contributed by atoms with E-state index in [1.54, 1.807) is 19.2 Å². The first kappa shape index (κ1) is 19.5. The average Bonchev–Trinajstić information content (AvgIpc) is 2.64. The molecule has 2 aromatic rings. The number of para-hydroxylation sites is 1. The van der Waals surface area contributed by atoms with Crippen LogP contribution in [0, 0.1) is 6.92 Å². The maximum absolute atomic E-state index is 12.4. The Kier molecular flexibility index (Phi) is 7.64. The maximum atomic E-state index is 12.4. The zero-order chi connectivity index (χ0) is 18.8. The molecule has 0 atom stereocenters. The second kappa shape index (κ2) is 10.2. The topological polar surface area (TPSA) is 79.5 Å². The number of urea groups is 1. The quantitative estimate of drug-likeness (QED) is 0.630. The summed E-state index contributed by atoms with van der Waals surface area (Å²) in [5.74, 6) is -0.223. The van der Waals surface area contributed by atoms with Gasteiger partial charge in [-0.2, -0.15) is 0 Å². The minimum atomic E-state index is -0.286. The molecule has 0 radical (unpaired) electrons. The molecule has 0 aromatic heterocycles. The zero-order valence-electron chi connectivity index (χ0n) is 15.2. The monoisotopic (exact) mass is 355 g/mol. The molecule has 6 nitrogen and oxygen atoms in total. The number of hydrogen-bond acceptors (Lipinski definition) is 3. The molecule has 26 heavy (non-hydrogen) atoms. The van der Waals surface area contributed by atoms with Crippen molar-refractivity contribution in [3.63, 3.8) is 0 Å². The lowest BCUT2D eigenvalue weighted by atomic mass is 10.1. The third-order valence-corrected chi connectivity index (χ3v) is 3.84. The van der Waals surface area contributed by atoms with E-state index in [0.717, 1.165) is 24.1 Å². The van der Waals surface area contributed by atoms with Crippen LogP contribution in [0.5, 0.6) is 0 Å². The van der Waals surface area contributed by atoms with Gasteiger partial charge in [0, 0.05) is 37.2 Å². The Balaban J connectivity index is 1.94. The van der Waals surface area contributed by atoms with E-state index in [4.69, 9.17) is 4.74 Å². The molecule has 6 heteroatoms. The molecule has 0 heterocycles. The fourth-order valence-electron chi connectivity index (χ4n) is 2.36. The molecule has 138 valence electrons. The maximum Gasteiger partial charge on any atom is 0.319 e. The fraction of sp³-hybridized carbons (Fsp3) is 0.300. The van der Waals surface area contributed by atoms with E-state index in [0.29, 0.717) is 24.4 Å². The number of anilines is 2. The number of benzene rings is 2. The lowest BCUT2D eigenvalue weighted by molar-refractivity contribution is 0.102. The molecule has 0 saturated heterocycles. The highest BCUT2D eigenvalue weighted by atomic mass is 16.5. The molecule has 2 aromatic carbocycles. The van der Waals surface area contributed by atoms with Gasteiger partial charge in [0.15, 0.2) is 0 Å². The van der Waals surface area contributed by atoms with Crippen LogP contribution in [0.2, 0.25) is 0 Å². The first-order chi connectivity index (χ1) is 12.6. The second-order valence-corrected chi connectivity index (χ2v) is 5.93. The van der Waals surface area contributed by atoms with E-state index in [-0.39, 0.29) is 11.9 Å². The van der Waals surface area contributed by atoms with Crippen LogP contribution in [0.3, 0.4) is 0 Å². The molecule has 0 aliphatic carbocycles. The number of nitrogens with one attached hydrogen (secondary N) is 3. The Labute approximate surface area is 153 Å². The van der Waals surface area contributed by atoms with Gasteiger partial charge >= 0.3 is 6.03 Å². The lowest BCUT2D eigenvalue weighted by Crippen LogP contribution is -2.30. The number of carbonyl (C=O) groups is 2. The summed E-state index contributed by atoms with van der Waals surface area (Å²) < 4.78 is 4.97. The Hall–Kier alpha value is -2.86. The second-order valence-electron chi connectivity index (χ2n) is 5.93. The Morgan fingerprint density at radius 1 is 1.00 bits per heavy atom. The van der Waals surface area contributed by atoms with Crippen LogP contribution in [-0.4, -0.2) is 32.2 Å². The minimum Gasteiger partial charge on any atom is -0.385 e. The van der Waals surface area contributed by atoms with Gasteiger partial charge < -0.3 is 20.7 Å². The molecule has 0 fully saturated rings. The molecule has 0 spiro atoms. The number of ether oxygens (including phenoxy) is 1. The van der Waals surface area contributed by atoms with Crippen molar-refractivity contribution in [3.05, 3.63) is 59.7 Å².